The van der Waals surface area contributed by atoms with Crippen molar-refractivity contribution in [2.45, 2.75) is 71.0 Å². The van der Waals surface area contributed by atoms with Crippen molar-refractivity contribution in [3.05, 3.63) is 0 Å². The minimum absolute atomic E-state index is 0.0536. The molecule has 1 amide bonds. The Labute approximate surface area is 93.0 Å². The Morgan fingerprint density at radius 1 is 1.40 bits per heavy atom. The average Bonchev–Trinajstić information content (AvgIpc) is 3.00. The highest BCUT2D eigenvalue weighted by atomic mass is 16.2. The van der Waals surface area contributed by atoms with Gasteiger partial charge >= 0.3 is 0 Å². The van der Waals surface area contributed by atoms with Crippen LogP contribution in [0.1, 0.15) is 52.9 Å². The van der Waals surface area contributed by atoms with Crippen LogP contribution in [0, 0.1) is 0 Å². The third-order valence-corrected chi connectivity index (χ3v) is 2.93. The highest BCUT2D eigenvalue weighted by molar-refractivity contribution is 5.81. The minimum Gasteiger partial charge on any atom is -0.352 e. The number of carbonyl (C=O) groups is 1. The maximum atomic E-state index is 11.7. The first-order valence-corrected chi connectivity index (χ1v) is 6.23. The predicted octanol–water partition coefficient (Wildman–Crippen LogP) is 1.82. The second kappa shape index (κ2) is 6.11. The van der Waals surface area contributed by atoms with Gasteiger partial charge in [0.15, 0.2) is 0 Å². The molecule has 1 aliphatic carbocycles. The molecule has 1 rings (SSSR count). The van der Waals surface area contributed by atoms with Crippen molar-refractivity contribution in [2.24, 2.45) is 0 Å². The van der Waals surface area contributed by atoms with Crippen LogP contribution in [0.4, 0.5) is 0 Å². The second-order valence-electron chi connectivity index (χ2n) is 4.57. The summed E-state index contributed by atoms with van der Waals surface area (Å²) >= 11 is 0. The standard InChI is InChI=1S/C12H24N2O/c1-4-6-10(5-2)13-9(3)12(15)14-11-7-8-11/h9-11,13H,4-8H2,1-3H3,(H,14,15). The Balaban J connectivity index is 2.24. The van der Waals surface area contributed by atoms with Gasteiger partial charge in [0.05, 0.1) is 6.04 Å². The minimum atomic E-state index is -0.0536. The van der Waals surface area contributed by atoms with E-state index in [1.54, 1.807) is 0 Å². The molecule has 1 saturated carbocycles. The van der Waals surface area contributed by atoms with Crippen LogP contribution in [0.2, 0.25) is 0 Å². The Kier molecular flexibility index (Phi) is 5.09. The van der Waals surface area contributed by atoms with Crippen molar-refractivity contribution >= 4 is 5.91 Å². The van der Waals surface area contributed by atoms with Gasteiger partial charge in [0, 0.05) is 12.1 Å². The predicted molar refractivity (Wildman–Crippen MR) is 62.7 cm³/mol. The van der Waals surface area contributed by atoms with E-state index in [4.69, 9.17) is 0 Å². The number of hydrogen-bond acceptors (Lipinski definition) is 2. The summed E-state index contributed by atoms with van der Waals surface area (Å²) in [5.74, 6) is 0.159. The molecular weight excluding hydrogens is 188 g/mol. The molecule has 15 heavy (non-hydrogen) atoms. The molecule has 0 aromatic carbocycles. The molecule has 0 saturated heterocycles. The molecule has 3 heteroatoms. The summed E-state index contributed by atoms with van der Waals surface area (Å²) < 4.78 is 0. The van der Waals surface area contributed by atoms with Gasteiger partial charge in [0.2, 0.25) is 5.91 Å². The topological polar surface area (TPSA) is 41.1 Å². The van der Waals surface area contributed by atoms with Crippen molar-refractivity contribution in [3.63, 3.8) is 0 Å². The Hall–Kier alpha value is -0.570. The fraction of sp³-hybridized carbons (Fsp3) is 0.917. The summed E-state index contributed by atoms with van der Waals surface area (Å²) in [6.07, 6.45) is 5.73. The summed E-state index contributed by atoms with van der Waals surface area (Å²) in [4.78, 5) is 11.7. The largest absolute Gasteiger partial charge is 0.352 e. The van der Waals surface area contributed by atoms with Gasteiger partial charge in [0.25, 0.3) is 0 Å². The van der Waals surface area contributed by atoms with Crippen molar-refractivity contribution in [1.29, 1.82) is 0 Å². The smallest absolute Gasteiger partial charge is 0.237 e. The monoisotopic (exact) mass is 212 g/mol. The number of nitrogens with one attached hydrogen (secondary N) is 2. The molecule has 1 fully saturated rings. The lowest BCUT2D eigenvalue weighted by Crippen LogP contribution is -2.47. The fourth-order valence-electron chi connectivity index (χ4n) is 1.74. The molecule has 3 nitrogen and oxygen atoms in total. The van der Waals surface area contributed by atoms with Gasteiger partial charge in [-0.1, -0.05) is 20.3 Å². The lowest BCUT2D eigenvalue weighted by Gasteiger charge is -2.21. The average molecular weight is 212 g/mol. The van der Waals surface area contributed by atoms with E-state index in [1.165, 1.54) is 6.42 Å². The number of hydrogen-bond donors (Lipinski definition) is 2. The van der Waals surface area contributed by atoms with Gasteiger partial charge in [-0.3, -0.25) is 4.79 Å². The third-order valence-electron chi connectivity index (χ3n) is 2.93. The van der Waals surface area contributed by atoms with E-state index in [2.05, 4.69) is 24.5 Å². The summed E-state index contributed by atoms with van der Waals surface area (Å²) in [5, 5.41) is 6.41. The molecule has 0 aromatic heterocycles. The summed E-state index contributed by atoms with van der Waals surface area (Å²) in [6.45, 7) is 6.30. The Morgan fingerprint density at radius 3 is 2.53 bits per heavy atom. The molecule has 1 aliphatic rings. The quantitative estimate of drug-likeness (QED) is 0.676. The van der Waals surface area contributed by atoms with Crippen molar-refractivity contribution in [1.82, 2.24) is 10.6 Å². The first kappa shape index (κ1) is 12.5. The van der Waals surface area contributed by atoms with Crippen LogP contribution in [-0.2, 0) is 4.79 Å². The van der Waals surface area contributed by atoms with Crippen LogP contribution >= 0.6 is 0 Å². The molecule has 0 aliphatic heterocycles. The highest BCUT2D eigenvalue weighted by Crippen LogP contribution is 2.18. The molecule has 0 radical (unpaired) electrons. The highest BCUT2D eigenvalue weighted by Gasteiger charge is 2.26. The molecule has 0 bridgehead atoms. The van der Waals surface area contributed by atoms with Crippen molar-refractivity contribution in [3.8, 4) is 0 Å². The number of carbonyl (C=O) groups excluding carboxylic acids is 1. The van der Waals surface area contributed by atoms with Gasteiger partial charge < -0.3 is 10.6 Å². The lowest BCUT2D eigenvalue weighted by atomic mass is 10.1. The molecule has 0 spiro atoms. The first-order valence-electron chi connectivity index (χ1n) is 6.23. The van der Waals surface area contributed by atoms with Crippen LogP contribution in [0.25, 0.3) is 0 Å². The van der Waals surface area contributed by atoms with E-state index in [9.17, 15) is 4.79 Å². The first-order chi connectivity index (χ1) is 7.17. The van der Waals surface area contributed by atoms with E-state index in [0.717, 1.165) is 25.7 Å². The van der Waals surface area contributed by atoms with E-state index in [1.807, 2.05) is 6.92 Å². The lowest BCUT2D eigenvalue weighted by molar-refractivity contribution is -0.123. The van der Waals surface area contributed by atoms with Crippen molar-refractivity contribution in [2.75, 3.05) is 0 Å². The van der Waals surface area contributed by atoms with Crippen LogP contribution < -0.4 is 10.6 Å². The normalized spacial score (nSPS) is 19.7. The zero-order chi connectivity index (χ0) is 11.3. The van der Waals surface area contributed by atoms with E-state index >= 15 is 0 Å². The Morgan fingerprint density at radius 2 is 2.07 bits per heavy atom. The van der Waals surface area contributed by atoms with Crippen LogP contribution in [-0.4, -0.2) is 24.0 Å². The van der Waals surface area contributed by atoms with Crippen LogP contribution in [0.5, 0.6) is 0 Å². The fourth-order valence-corrected chi connectivity index (χ4v) is 1.74. The van der Waals surface area contributed by atoms with Gasteiger partial charge in [-0.2, -0.15) is 0 Å². The molecule has 0 aromatic rings. The van der Waals surface area contributed by atoms with Crippen LogP contribution in [0.3, 0.4) is 0 Å². The van der Waals surface area contributed by atoms with E-state index in [-0.39, 0.29) is 11.9 Å². The summed E-state index contributed by atoms with van der Waals surface area (Å²) in [7, 11) is 0. The molecular formula is C12H24N2O. The number of amides is 1. The SMILES string of the molecule is CCCC(CC)NC(C)C(=O)NC1CC1. The van der Waals surface area contributed by atoms with E-state index in [0.29, 0.717) is 12.1 Å². The van der Waals surface area contributed by atoms with Gasteiger partial charge in [-0.25, -0.2) is 0 Å². The third kappa shape index (κ3) is 4.65. The zero-order valence-electron chi connectivity index (χ0n) is 10.2. The van der Waals surface area contributed by atoms with Gasteiger partial charge in [0.1, 0.15) is 0 Å². The molecule has 2 unspecified atom stereocenters. The number of rotatable bonds is 7. The summed E-state index contributed by atoms with van der Waals surface area (Å²) in [6, 6.07) is 0.894. The molecule has 0 heterocycles. The zero-order valence-corrected chi connectivity index (χ0v) is 10.2. The maximum absolute atomic E-state index is 11.7. The Bertz CT molecular complexity index is 202. The summed E-state index contributed by atoms with van der Waals surface area (Å²) in [5.41, 5.74) is 0. The molecule has 2 atom stereocenters. The molecule has 88 valence electrons. The van der Waals surface area contributed by atoms with E-state index < -0.39 is 0 Å². The van der Waals surface area contributed by atoms with Gasteiger partial charge in [-0.15, -0.1) is 0 Å². The molecule has 2 N–H and O–H groups in total. The second-order valence-corrected chi connectivity index (χ2v) is 4.57. The van der Waals surface area contributed by atoms with Gasteiger partial charge in [-0.05, 0) is 32.6 Å². The van der Waals surface area contributed by atoms with Crippen molar-refractivity contribution < 1.29 is 4.79 Å². The van der Waals surface area contributed by atoms with Crippen LogP contribution in [0.15, 0.2) is 0 Å². The maximum Gasteiger partial charge on any atom is 0.237 e.